The van der Waals surface area contributed by atoms with Gasteiger partial charge in [0.2, 0.25) is 5.62 Å². The number of halogens is 4. The summed E-state index contributed by atoms with van der Waals surface area (Å²) in [6, 6.07) is 9.28. The Bertz CT molecular complexity index is 1270. The zero-order valence-corrected chi connectivity index (χ0v) is 18.9. The van der Waals surface area contributed by atoms with Gasteiger partial charge in [-0.1, -0.05) is 25.1 Å². The Balaban J connectivity index is 1.59. The summed E-state index contributed by atoms with van der Waals surface area (Å²) in [5.74, 6) is 0.657. The molecule has 1 aromatic heterocycles. The number of allylic oxidation sites excluding steroid dienone is 4. The van der Waals surface area contributed by atoms with E-state index in [4.69, 9.17) is 10.1 Å². The van der Waals surface area contributed by atoms with Gasteiger partial charge in [0.15, 0.2) is 0 Å². The third-order valence-electron chi connectivity index (χ3n) is 6.13. The molecule has 0 amide bonds. The van der Waals surface area contributed by atoms with E-state index in [1.165, 1.54) is 30.3 Å². The molecule has 3 aromatic rings. The number of alkyl halides is 3. The van der Waals surface area contributed by atoms with Gasteiger partial charge in [0.05, 0.1) is 29.7 Å². The maximum atomic E-state index is 13.4. The van der Waals surface area contributed by atoms with Crippen LogP contribution in [-0.4, -0.2) is 23.0 Å². The van der Waals surface area contributed by atoms with E-state index in [1.54, 1.807) is 9.13 Å². The lowest BCUT2D eigenvalue weighted by Crippen LogP contribution is -2.26. The molecule has 0 fully saturated rings. The number of nitrogens with zero attached hydrogens (tertiary/aromatic N) is 2. The Morgan fingerprint density at radius 3 is 2.50 bits per heavy atom. The van der Waals surface area contributed by atoms with Gasteiger partial charge in [0.1, 0.15) is 18.8 Å². The van der Waals surface area contributed by atoms with Crippen LogP contribution in [0, 0.1) is 11.2 Å². The van der Waals surface area contributed by atoms with Gasteiger partial charge in [-0.3, -0.25) is 5.41 Å². The van der Waals surface area contributed by atoms with E-state index >= 15 is 0 Å². The van der Waals surface area contributed by atoms with Crippen LogP contribution in [0.5, 0.6) is 5.75 Å². The first kappa shape index (κ1) is 23.9. The van der Waals surface area contributed by atoms with Crippen molar-refractivity contribution in [2.75, 3.05) is 6.61 Å². The van der Waals surface area contributed by atoms with E-state index < -0.39 is 11.7 Å². The van der Waals surface area contributed by atoms with E-state index in [2.05, 4.69) is 19.0 Å². The molecule has 0 radical (unpaired) electrons. The Morgan fingerprint density at radius 1 is 1.09 bits per heavy atom. The molecule has 4 nitrogen and oxygen atoms in total. The molecule has 1 heterocycles. The molecular formula is C25H26BF4N3O. The number of rotatable bonds is 8. The molecule has 1 aliphatic carbocycles. The minimum atomic E-state index is -4.47. The van der Waals surface area contributed by atoms with Gasteiger partial charge < -0.3 is 13.9 Å². The van der Waals surface area contributed by atoms with Crippen molar-refractivity contribution in [3.63, 3.8) is 0 Å². The van der Waals surface area contributed by atoms with Gasteiger partial charge in [-0.05, 0) is 66.7 Å². The third-order valence-corrected chi connectivity index (χ3v) is 6.13. The van der Waals surface area contributed by atoms with Gasteiger partial charge in [0.25, 0.3) is 0 Å². The molecule has 4 rings (SSSR count). The number of aromatic nitrogens is 2. The lowest BCUT2D eigenvalue weighted by atomic mass is 9.64. The minimum Gasteiger partial charge on any atom is -0.494 e. The van der Waals surface area contributed by atoms with Crippen molar-refractivity contribution in [3.8, 4) is 5.75 Å². The number of aryl methyl sites for hydroxylation is 1. The van der Waals surface area contributed by atoms with Crippen LogP contribution in [0.15, 0.2) is 66.3 Å². The summed E-state index contributed by atoms with van der Waals surface area (Å²) in [7, 11) is 1.05. The normalized spacial score (nSPS) is 16.0. The van der Waals surface area contributed by atoms with Crippen LogP contribution >= 0.6 is 0 Å². The lowest BCUT2D eigenvalue weighted by Gasteiger charge is -2.14. The van der Waals surface area contributed by atoms with Crippen LogP contribution in [0.25, 0.3) is 11.0 Å². The summed E-state index contributed by atoms with van der Waals surface area (Å²) in [4.78, 5) is 0. The molecule has 0 spiro atoms. The van der Waals surface area contributed by atoms with Crippen molar-refractivity contribution in [2.24, 2.45) is 0 Å². The van der Waals surface area contributed by atoms with Crippen LogP contribution in [-0.2, 0) is 19.3 Å². The number of nitrogens with one attached hydrogen (secondary N) is 1. The monoisotopic (exact) mass is 471 g/mol. The Labute approximate surface area is 195 Å². The molecule has 0 saturated carbocycles. The molecule has 34 heavy (non-hydrogen) atoms. The molecule has 0 aliphatic heterocycles. The topological polar surface area (TPSA) is 42.9 Å². The van der Waals surface area contributed by atoms with E-state index in [0.717, 1.165) is 31.4 Å². The summed E-state index contributed by atoms with van der Waals surface area (Å²) in [5, 5.41) is 8.73. The van der Waals surface area contributed by atoms with Gasteiger partial charge in [0, 0.05) is 6.54 Å². The molecule has 2 aromatic carbocycles. The fourth-order valence-electron chi connectivity index (χ4n) is 4.16. The lowest BCUT2D eigenvalue weighted by molar-refractivity contribution is -0.137. The van der Waals surface area contributed by atoms with Crippen LogP contribution in [0.4, 0.5) is 17.6 Å². The number of ether oxygens (including phenoxy) is 1. The highest BCUT2D eigenvalue weighted by Crippen LogP contribution is 2.31. The van der Waals surface area contributed by atoms with E-state index in [-0.39, 0.29) is 18.0 Å². The third kappa shape index (κ3) is 5.29. The van der Waals surface area contributed by atoms with E-state index in [0.29, 0.717) is 42.1 Å². The molecule has 1 unspecified atom stereocenters. The van der Waals surface area contributed by atoms with Crippen molar-refractivity contribution in [1.82, 2.24) is 9.13 Å². The fourth-order valence-corrected chi connectivity index (χ4v) is 4.16. The number of benzene rings is 2. The van der Waals surface area contributed by atoms with Gasteiger partial charge in [-0.15, -0.1) is 0 Å². The minimum absolute atomic E-state index is 0.142. The van der Waals surface area contributed by atoms with E-state index in [9.17, 15) is 17.6 Å². The average Bonchev–Trinajstić information content (AvgIpc) is 3.08. The molecule has 9 heteroatoms. The second-order valence-electron chi connectivity index (χ2n) is 8.46. The second kappa shape index (κ2) is 9.95. The van der Waals surface area contributed by atoms with Crippen LogP contribution < -0.4 is 10.4 Å². The SMILES string of the molecule is CBC1C=CC(Cn2c(=N)n(CCCOc3ccc(F)cc3)c3cc(C(F)(F)F)ccc32)=CC1. The van der Waals surface area contributed by atoms with Crippen LogP contribution in [0.2, 0.25) is 12.6 Å². The summed E-state index contributed by atoms with van der Waals surface area (Å²) in [6.07, 6.45) is 3.29. The average molecular weight is 471 g/mol. The van der Waals surface area contributed by atoms with Gasteiger partial charge >= 0.3 is 6.18 Å². The van der Waals surface area contributed by atoms with Crippen molar-refractivity contribution >= 4 is 18.3 Å². The van der Waals surface area contributed by atoms with Gasteiger partial charge in [-0.2, -0.15) is 13.2 Å². The number of hydrogen-bond acceptors (Lipinski definition) is 2. The number of hydrogen-bond donors (Lipinski definition) is 1. The summed E-state index contributed by atoms with van der Waals surface area (Å²) in [5.41, 5.74) is 1.40. The fraction of sp³-hybridized carbons (Fsp3) is 0.320. The molecule has 0 bridgehead atoms. The second-order valence-corrected chi connectivity index (χ2v) is 8.46. The maximum absolute atomic E-state index is 13.4. The maximum Gasteiger partial charge on any atom is 0.416 e. The predicted octanol–water partition coefficient (Wildman–Crippen LogP) is 5.71. The largest absolute Gasteiger partial charge is 0.494 e. The quantitative estimate of drug-likeness (QED) is 0.255. The highest BCUT2D eigenvalue weighted by atomic mass is 19.4. The first-order chi connectivity index (χ1) is 16.3. The molecule has 1 aliphatic rings. The first-order valence-electron chi connectivity index (χ1n) is 11.4. The van der Waals surface area contributed by atoms with Crippen molar-refractivity contribution < 1.29 is 22.3 Å². The molecular weight excluding hydrogens is 445 g/mol. The molecule has 1 N–H and O–H groups in total. The Hall–Kier alpha value is -3.23. The zero-order valence-electron chi connectivity index (χ0n) is 18.9. The Morgan fingerprint density at radius 2 is 1.85 bits per heavy atom. The van der Waals surface area contributed by atoms with E-state index in [1.807, 2.05) is 6.08 Å². The molecule has 1 atom stereocenters. The van der Waals surface area contributed by atoms with Crippen molar-refractivity contribution in [1.29, 1.82) is 5.41 Å². The highest BCUT2D eigenvalue weighted by molar-refractivity contribution is 6.36. The summed E-state index contributed by atoms with van der Waals surface area (Å²) < 4.78 is 62.2. The van der Waals surface area contributed by atoms with Crippen molar-refractivity contribution in [2.45, 2.75) is 44.7 Å². The first-order valence-corrected chi connectivity index (χ1v) is 11.4. The highest BCUT2D eigenvalue weighted by Gasteiger charge is 2.31. The Kier molecular flexibility index (Phi) is 7.00. The standard InChI is InChI=1S/C25H26BF4N3O/c1-26-19-6-3-17(4-7-19)16-33-22-12-5-18(25(28,29)30)15-23(22)32(24(33)31)13-2-14-34-21-10-8-20(27)9-11-21/h3-6,8-12,15,19,26,31H,2,7,13-14,16H2,1H3. The van der Waals surface area contributed by atoms with Crippen LogP contribution in [0.3, 0.4) is 0 Å². The predicted molar refractivity (Wildman–Crippen MR) is 126 cm³/mol. The number of fused-ring (bicyclic) bond motifs is 1. The summed E-state index contributed by atoms with van der Waals surface area (Å²) >= 11 is 0. The number of imidazole rings is 1. The van der Waals surface area contributed by atoms with Crippen molar-refractivity contribution in [3.05, 3.63) is 83.3 Å². The molecule has 0 saturated heterocycles. The smallest absolute Gasteiger partial charge is 0.416 e. The van der Waals surface area contributed by atoms with Crippen LogP contribution in [0.1, 0.15) is 18.4 Å². The zero-order chi connectivity index (χ0) is 24.3. The molecule has 178 valence electrons. The summed E-state index contributed by atoms with van der Waals surface area (Å²) in [6.45, 7) is 3.16. The van der Waals surface area contributed by atoms with Gasteiger partial charge in [-0.25, -0.2) is 4.39 Å².